The topological polar surface area (TPSA) is 81.7 Å². The van der Waals surface area contributed by atoms with Gasteiger partial charge in [-0.05, 0) is 61.6 Å². The molecule has 250 valence electrons. The summed E-state index contributed by atoms with van der Waals surface area (Å²) in [5, 5.41) is 0. The van der Waals surface area contributed by atoms with Gasteiger partial charge in [0, 0.05) is 6.42 Å². The molecule has 0 aliphatic carbocycles. The molecule has 10 heteroatoms. The number of carbonyl (C=O) groups excluding carboxylic acids is 1. The first kappa shape index (κ1) is 36.7. The molecule has 8 atom stereocenters. The summed E-state index contributed by atoms with van der Waals surface area (Å²) in [6.45, 7) is 15.8. The predicted octanol–water partition coefficient (Wildman–Crippen LogP) is 7.52. The zero-order chi connectivity index (χ0) is 31.6. The van der Waals surface area contributed by atoms with Crippen molar-refractivity contribution in [1.29, 1.82) is 0 Å². The first-order valence-electron chi connectivity index (χ1n) is 17.3. The van der Waals surface area contributed by atoms with Crippen molar-refractivity contribution in [2.45, 2.75) is 179 Å². The average molecular weight is 643 g/mol. The van der Waals surface area contributed by atoms with Crippen LogP contribution in [-0.2, 0) is 37.3 Å². The van der Waals surface area contributed by atoms with E-state index in [4.69, 9.17) is 32.5 Å². The Kier molecular flexibility index (Phi) is 14.7. The van der Waals surface area contributed by atoms with Crippen LogP contribution in [0.4, 0.5) is 0 Å². The third-order valence-corrected chi connectivity index (χ3v) is 19.9. The molecule has 0 amide bonds. The van der Waals surface area contributed by atoms with Crippen LogP contribution in [0.2, 0.25) is 36.3 Å². The van der Waals surface area contributed by atoms with Gasteiger partial charge in [-0.1, -0.05) is 61.3 Å². The largest absolute Gasteiger partial charge is 0.501 e. The third kappa shape index (κ3) is 8.74. The second-order valence-corrected chi connectivity index (χ2v) is 22.2. The molecule has 3 fully saturated rings. The van der Waals surface area contributed by atoms with Gasteiger partial charge in [0.15, 0.2) is 16.6 Å². The van der Waals surface area contributed by atoms with Crippen LogP contribution < -0.4 is 0 Å². The molecule has 3 aliphatic heterocycles. The molecule has 0 saturated carbocycles. The van der Waals surface area contributed by atoms with E-state index in [0.29, 0.717) is 0 Å². The number of unbranched alkanes of at least 4 members (excludes halogenated alkanes) is 2. The second kappa shape index (κ2) is 17.2. The number of rotatable bonds is 18. The lowest BCUT2D eigenvalue weighted by Gasteiger charge is -2.50. The minimum Gasteiger partial charge on any atom is -0.501 e. The van der Waals surface area contributed by atoms with E-state index in [0.717, 1.165) is 74.1 Å². The van der Waals surface area contributed by atoms with E-state index in [-0.39, 0.29) is 61.2 Å². The fourth-order valence-electron chi connectivity index (χ4n) is 7.23. The molecule has 8 nitrogen and oxygen atoms in total. The Morgan fingerprint density at radius 3 is 1.84 bits per heavy atom. The van der Waals surface area contributed by atoms with Crippen molar-refractivity contribution >= 4 is 22.6 Å². The summed E-state index contributed by atoms with van der Waals surface area (Å²) < 4.78 is 46.1. The van der Waals surface area contributed by atoms with Gasteiger partial charge in [0.05, 0.1) is 38.6 Å². The molecule has 0 aromatic heterocycles. The normalized spacial score (nSPS) is 31.4. The van der Waals surface area contributed by atoms with Gasteiger partial charge >= 0.3 is 5.97 Å². The van der Waals surface area contributed by atoms with Gasteiger partial charge in [-0.15, -0.1) is 0 Å². The molecule has 0 aromatic carbocycles. The Labute approximate surface area is 264 Å². The van der Waals surface area contributed by atoms with Crippen molar-refractivity contribution < 1.29 is 37.3 Å². The minimum atomic E-state index is -2.05. The van der Waals surface area contributed by atoms with Gasteiger partial charge in [0.2, 0.25) is 0 Å². The average Bonchev–Trinajstić information content (AvgIpc) is 3.37. The number of fused-ring (bicyclic) bond motifs is 2. The summed E-state index contributed by atoms with van der Waals surface area (Å²) >= 11 is 0. The van der Waals surface area contributed by atoms with E-state index in [1.54, 1.807) is 7.11 Å². The quantitative estimate of drug-likeness (QED) is 0.0657. The molecule has 0 radical (unpaired) electrons. The van der Waals surface area contributed by atoms with Crippen LogP contribution in [0, 0.1) is 0 Å². The van der Waals surface area contributed by atoms with Crippen LogP contribution in [0.1, 0.15) is 93.4 Å². The maximum Gasteiger partial charge on any atom is 0.308 e. The van der Waals surface area contributed by atoms with E-state index in [1.165, 1.54) is 13.5 Å². The summed E-state index contributed by atoms with van der Waals surface area (Å²) in [6.07, 6.45) is 6.20. The van der Waals surface area contributed by atoms with Gasteiger partial charge in [0.1, 0.15) is 36.6 Å². The first-order chi connectivity index (χ1) is 20.7. The minimum absolute atomic E-state index is 0.137. The molecule has 3 heterocycles. The van der Waals surface area contributed by atoms with Crippen molar-refractivity contribution in [2.75, 3.05) is 14.2 Å². The molecular formula is C33H62O8Si2. The monoisotopic (exact) mass is 642 g/mol. The Balaban J connectivity index is 2.04. The second-order valence-electron chi connectivity index (χ2n) is 12.7. The molecular weight excluding hydrogens is 581 g/mol. The first-order valence-corrected chi connectivity index (χ1v) is 22.4. The lowest BCUT2D eigenvalue weighted by molar-refractivity contribution is -0.255. The van der Waals surface area contributed by atoms with Crippen LogP contribution in [-0.4, -0.2) is 85.7 Å². The molecule has 43 heavy (non-hydrogen) atoms. The van der Waals surface area contributed by atoms with Crippen molar-refractivity contribution in [2.24, 2.45) is 0 Å². The zero-order valence-corrected chi connectivity index (χ0v) is 30.7. The Bertz CT molecular complexity index is 860. The van der Waals surface area contributed by atoms with Crippen molar-refractivity contribution in [3.05, 3.63) is 11.8 Å². The summed E-state index contributed by atoms with van der Waals surface area (Å²) in [6, 6.07) is 6.26. The summed E-state index contributed by atoms with van der Waals surface area (Å²) in [4.78, 5) is 12.2. The maximum absolute atomic E-state index is 12.2. The summed E-state index contributed by atoms with van der Waals surface area (Å²) in [7, 11) is -0.868. The standard InChI is InChI=1S/C33H62O8Si2/c1-10-17-18-19-24(35-8)22-27-30(40-42(11-2,12-3)13-4)31-32(39-27)33(41-43(14-5,15-6)16-7)29-26(38-31)21-20-25(37-29)23-28(34)36-9/h22,25-27,29-33H,10-21,23H2,1-9H3/b24-22+/t25-,26+,27+,29+,30+,31+,32-,33+/m1/s1. The van der Waals surface area contributed by atoms with Gasteiger partial charge in [-0.2, -0.15) is 0 Å². The Morgan fingerprint density at radius 1 is 0.721 bits per heavy atom. The van der Waals surface area contributed by atoms with Crippen LogP contribution >= 0.6 is 0 Å². The SMILES string of the molecule is CCCCC/C(=C\[C@@H]1O[C@@H]2[C@@H](O[C@H]3CC[C@H](CC(=O)OC)O[C@@H]3[C@@H]2O[Si](CC)(CC)CC)[C@H]1O[Si](CC)(CC)CC)OC. The van der Waals surface area contributed by atoms with E-state index in [1.807, 2.05) is 0 Å². The van der Waals surface area contributed by atoms with Gasteiger partial charge in [-0.25, -0.2) is 0 Å². The van der Waals surface area contributed by atoms with Gasteiger partial charge < -0.3 is 32.5 Å². The number of hydrogen-bond donors (Lipinski definition) is 0. The summed E-state index contributed by atoms with van der Waals surface area (Å²) in [5.74, 6) is 0.701. The van der Waals surface area contributed by atoms with Crippen LogP contribution in [0.25, 0.3) is 0 Å². The van der Waals surface area contributed by atoms with Crippen molar-refractivity contribution in [1.82, 2.24) is 0 Å². The molecule has 0 bridgehead atoms. The highest BCUT2D eigenvalue weighted by atomic mass is 28.4. The van der Waals surface area contributed by atoms with E-state index < -0.39 is 16.6 Å². The van der Waals surface area contributed by atoms with Gasteiger partial charge in [0.25, 0.3) is 0 Å². The van der Waals surface area contributed by atoms with E-state index in [2.05, 4.69) is 54.5 Å². The number of ether oxygens (including phenoxy) is 5. The molecule has 0 aromatic rings. The maximum atomic E-state index is 12.2. The van der Waals surface area contributed by atoms with Gasteiger partial charge in [-0.3, -0.25) is 4.79 Å². The Hall–Kier alpha value is -0.756. The fourth-order valence-corrected chi connectivity index (χ4v) is 12.9. The Morgan fingerprint density at radius 2 is 1.30 bits per heavy atom. The molecule has 0 unspecified atom stereocenters. The van der Waals surface area contributed by atoms with E-state index >= 15 is 0 Å². The molecule has 3 aliphatic rings. The highest BCUT2D eigenvalue weighted by molar-refractivity contribution is 6.74. The lowest BCUT2D eigenvalue weighted by atomic mass is 9.88. The smallest absolute Gasteiger partial charge is 0.308 e. The number of hydrogen-bond acceptors (Lipinski definition) is 8. The molecule has 3 rings (SSSR count). The van der Waals surface area contributed by atoms with E-state index in [9.17, 15) is 4.79 Å². The van der Waals surface area contributed by atoms with Crippen LogP contribution in [0.15, 0.2) is 11.8 Å². The molecule has 0 spiro atoms. The molecule has 3 saturated heterocycles. The van der Waals surface area contributed by atoms with Crippen LogP contribution in [0.3, 0.4) is 0 Å². The summed E-state index contributed by atoms with van der Waals surface area (Å²) in [5.41, 5.74) is 0. The molecule has 0 N–H and O–H groups in total. The van der Waals surface area contributed by atoms with Crippen LogP contribution in [0.5, 0.6) is 0 Å². The third-order valence-electron chi connectivity index (χ3n) is 10.7. The number of esters is 1. The zero-order valence-electron chi connectivity index (χ0n) is 28.7. The number of methoxy groups -OCH3 is 2. The number of allylic oxidation sites excluding steroid dienone is 1. The lowest BCUT2D eigenvalue weighted by Crippen LogP contribution is -2.65. The predicted molar refractivity (Wildman–Crippen MR) is 175 cm³/mol. The van der Waals surface area contributed by atoms with Crippen molar-refractivity contribution in [3.8, 4) is 0 Å². The fraction of sp³-hybridized carbons (Fsp3) is 0.909. The highest BCUT2D eigenvalue weighted by Gasteiger charge is 2.60. The number of carbonyl (C=O) groups is 1. The highest BCUT2D eigenvalue weighted by Crippen LogP contribution is 2.45. The van der Waals surface area contributed by atoms with Crippen molar-refractivity contribution in [3.63, 3.8) is 0 Å².